The van der Waals surface area contributed by atoms with Crippen molar-refractivity contribution >= 4 is 15.9 Å². The molecule has 1 N–H and O–H groups in total. The van der Waals surface area contributed by atoms with Crippen molar-refractivity contribution in [3.8, 4) is 11.8 Å². The van der Waals surface area contributed by atoms with Crippen LogP contribution in [0.4, 0.5) is 0 Å². The summed E-state index contributed by atoms with van der Waals surface area (Å²) in [4.78, 5) is 6.95. The van der Waals surface area contributed by atoms with Crippen molar-refractivity contribution in [1.29, 1.82) is 0 Å². The van der Waals surface area contributed by atoms with Crippen LogP contribution in [0.5, 0.6) is 0 Å². The molecular weight excluding hydrogens is 192 g/mol. The van der Waals surface area contributed by atoms with Gasteiger partial charge in [-0.1, -0.05) is 21.9 Å². The number of nitrogens with zero attached hydrogens (tertiary/aromatic N) is 1. The zero-order valence-electron chi connectivity index (χ0n) is 5.61. The van der Waals surface area contributed by atoms with Crippen molar-refractivity contribution in [2.75, 3.05) is 5.33 Å². The van der Waals surface area contributed by atoms with Crippen LogP contribution in [0.2, 0.25) is 0 Å². The van der Waals surface area contributed by atoms with Crippen LogP contribution >= 0.6 is 15.9 Å². The second-order valence-corrected chi connectivity index (χ2v) is 2.37. The van der Waals surface area contributed by atoms with E-state index in [0.717, 1.165) is 11.4 Å². The largest absolute Gasteiger partial charge is 0.348 e. The number of H-pyrrole nitrogens is 1. The van der Waals surface area contributed by atoms with Gasteiger partial charge in [0.2, 0.25) is 0 Å². The lowest BCUT2D eigenvalue weighted by molar-refractivity contribution is 1.25. The Kier molecular flexibility index (Phi) is 2.52. The van der Waals surface area contributed by atoms with Crippen LogP contribution in [0.1, 0.15) is 11.4 Å². The summed E-state index contributed by atoms with van der Waals surface area (Å²) in [5.41, 5.74) is 1.85. The van der Waals surface area contributed by atoms with Gasteiger partial charge >= 0.3 is 0 Å². The van der Waals surface area contributed by atoms with Crippen LogP contribution in [0.15, 0.2) is 6.33 Å². The smallest absolute Gasteiger partial charge is 0.133 e. The van der Waals surface area contributed by atoms with Gasteiger partial charge in [0.05, 0.1) is 11.7 Å². The SMILES string of the molecule is Cc1[nH]cnc1C#CCBr. The van der Waals surface area contributed by atoms with Gasteiger partial charge in [-0.2, -0.15) is 0 Å². The van der Waals surface area contributed by atoms with Gasteiger partial charge in [-0.15, -0.1) is 0 Å². The molecule has 0 bridgehead atoms. The van der Waals surface area contributed by atoms with Crippen LogP contribution < -0.4 is 0 Å². The zero-order chi connectivity index (χ0) is 7.40. The van der Waals surface area contributed by atoms with E-state index >= 15 is 0 Å². The molecule has 0 spiro atoms. The fraction of sp³-hybridized carbons (Fsp3) is 0.286. The van der Waals surface area contributed by atoms with E-state index in [1.54, 1.807) is 6.33 Å². The highest BCUT2D eigenvalue weighted by Crippen LogP contribution is 1.96. The van der Waals surface area contributed by atoms with Crippen molar-refractivity contribution in [3.63, 3.8) is 0 Å². The number of alkyl halides is 1. The highest BCUT2D eigenvalue weighted by Gasteiger charge is 1.92. The van der Waals surface area contributed by atoms with E-state index in [1.165, 1.54) is 0 Å². The maximum atomic E-state index is 4.00. The van der Waals surface area contributed by atoms with Crippen molar-refractivity contribution in [3.05, 3.63) is 17.7 Å². The molecule has 0 unspecified atom stereocenters. The third kappa shape index (κ3) is 1.61. The average molecular weight is 199 g/mol. The second-order valence-electron chi connectivity index (χ2n) is 1.81. The molecule has 0 atom stereocenters. The highest BCUT2D eigenvalue weighted by atomic mass is 79.9. The maximum Gasteiger partial charge on any atom is 0.133 e. The first-order valence-corrected chi connectivity index (χ1v) is 4.01. The van der Waals surface area contributed by atoms with E-state index < -0.39 is 0 Å². The fourth-order valence-electron chi connectivity index (χ4n) is 0.602. The second kappa shape index (κ2) is 3.43. The Morgan fingerprint density at radius 3 is 3.10 bits per heavy atom. The van der Waals surface area contributed by atoms with Crippen molar-refractivity contribution in [2.24, 2.45) is 0 Å². The molecule has 0 aromatic carbocycles. The molecular formula is C7H7BrN2. The molecule has 0 aliphatic rings. The monoisotopic (exact) mass is 198 g/mol. The van der Waals surface area contributed by atoms with E-state index in [0.29, 0.717) is 5.33 Å². The third-order valence-corrected chi connectivity index (χ3v) is 1.38. The first kappa shape index (κ1) is 7.36. The Bertz CT molecular complexity index is 267. The summed E-state index contributed by atoms with van der Waals surface area (Å²) in [7, 11) is 0. The van der Waals surface area contributed by atoms with Gasteiger partial charge in [0, 0.05) is 5.69 Å². The molecule has 0 radical (unpaired) electrons. The molecule has 2 nitrogen and oxygen atoms in total. The van der Waals surface area contributed by atoms with Crippen LogP contribution in [-0.4, -0.2) is 15.3 Å². The Labute approximate surface area is 68.2 Å². The summed E-state index contributed by atoms with van der Waals surface area (Å²) in [6, 6.07) is 0. The van der Waals surface area contributed by atoms with E-state index in [2.05, 4.69) is 37.7 Å². The number of aromatic nitrogens is 2. The predicted octanol–water partition coefficient (Wildman–Crippen LogP) is 1.46. The Morgan fingerprint density at radius 2 is 2.60 bits per heavy atom. The minimum Gasteiger partial charge on any atom is -0.348 e. The van der Waals surface area contributed by atoms with Crippen LogP contribution in [0.3, 0.4) is 0 Å². The standard InChI is InChI=1S/C7H7BrN2/c1-6-7(3-2-4-8)10-5-9-6/h5H,4H2,1H3,(H,9,10). The molecule has 0 aliphatic carbocycles. The highest BCUT2D eigenvalue weighted by molar-refractivity contribution is 9.09. The molecule has 52 valence electrons. The molecule has 1 aromatic heterocycles. The van der Waals surface area contributed by atoms with Gasteiger partial charge in [0.15, 0.2) is 0 Å². The molecule has 0 amide bonds. The quantitative estimate of drug-likeness (QED) is 0.497. The molecule has 0 saturated carbocycles. The van der Waals surface area contributed by atoms with E-state index in [-0.39, 0.29) is 0 Å². The minimum atomic E-state index is 0.694. The number of rotatable bonds is 0. The van der Waals surface area contributed by atoms with Gasteiger partial charge < -0.3 is 4.98 Å². The Balaban J connectivity index is 2.84. The van der Waals surface area contributed by atoms with Crippen LogP contribution in [-0.2, 0) is 0 Å². The van der Waals surface area contributed by atoms with E-state index in [9.17, 15) is 0 Å². The molecule has 1 heterocycles. The molecule has 0 fully saturated rings. The average Bonchev–Trinajstić information content (AvgIpc) is 2.31. The van der Waals surface area contributed by atoms with Gasteiger partial charge in [-0.25, -0.2) is 4.98 Å². The molecule has 3 heteroatoms. The number of hydrogen-bond donors (Lipinski definition) is 1. The zero-order valence-corrected chi connectivity index (χ0v) is 7.20. The molecule has 1 rings (SSSR count). The van der Waals surface area contributed by atoms with Gasteiger partial charge in [-0.3, -0.25) is 0 Å². The fourth-order valence-corrected chi connectivity index (χ4v) is 0.742. The number of aromatic amines is 1. The first-order chi connectivity index (χ1) is 4.84. The molecule has 0 aliphatic heterocycles. The van der Waals surface area contributed by atoms with E-state index in [1.807, 2.05) is 6.92 Å². The van der Waals surface area contributed by atoms with Gasteiger partial charge in [0.1, 0.15) is 5.69 Å². The summed E-state index contributed by atoms with van der Waals surface area (Å²) in [5, 5.41) is 0.694. The summed E-state index contributed by atoms with van der Waals surface area (Å²) in [6.07, 6.45) is 1.65. The van der Waals surface area contributed by atoms with E-state index in [4.69, 9.17) is 0 Å². The molecule has 10 heavy (non-hydrogen) atoms. The minimum absolute atomic E-state index is 0.694. The van der Waals surface area contributed by atoms with Crippen molar-refractivity contribution < 1.29 is 0 Å². The number of aryl methyl sites for hydroxylation is 1. The first-order valence-electron chi connectivity index (χ1n) is 2.89. The lowest BCUT2D eigenvalue weighted by Crippen LogP contribution is -1.77. The van der Waals surface area contributed by atoms with Gasteiger partial charge in [0.25, 0.3) is 0 Å². The van der Waals surface area contributed by atoms with Crippen molar-refractivity contribution in [2.45, 2.75) is 6.92 Å². The van der Waals surface area contributed by atoms with Crippen LogP contribution in [0, 0.1) is 18.8 Å². The molecule has 0 saturated heterocycles. The number of hydrogen-bond acceptors (Lipinski definition) is 1. The van der Waals surface area contributed by atoms with Crippen molar-refractivity contribution in [1.82, 2.24) is 9.97 Å². The van der Waals surface area contributed by atoms with Crippen LogP contribution in [0.25, 0.3) is 0 Å². The topological polar surface area (TPSA) is 28.7 Å². The summed E-state index contributed by atoms with van der Waals surface area (Å²) in [5.74, 6) is 5.78. The number of nitrogens with one attached hydrogen (secondary N) is 1. The third-order valence-electron chi connectivity index (χ3n) is 1.10. The Morgan fingerprint density at radius 1 is 1.80 bits per heavy atom. The predicted molar refractivity (Wildman–Crippen MR) is 44.0 cm³/mol. The normalized spacial score (nSPS) is 8.60. The number of halogens is 1. The van der Waals surface area contributed by atoms with Gasteiger partial charge in [-0.05, 0) is 12.8 Å². The summed E-state index contributed by atoms with van der Waals surface area (Å²) in [6.45, 7) is 1.95. The lowest BCUT2D eigenvalue weighted by atomic mass is 10.3. The Hall–Kier alpha value is -0.750. The summed E-state index contributed by atoms with van der Waals surface area (Å²) < 4.78 is 0. The molecule has 1 aromatic rings. The number of imidazole rings is 1. The summed E-state index contributed by atoms with van der Waals surface area (Å²) >= 11 is 3.21. The lowest BCUT2D eigenvalue weighted by Gasteiger charge is -1.80. The maximum absolute atomic E-state index is 4.00.